The predicted molar refractivity (Wildman–Crippen MR) is 79.5 cm³/mol. The van der Waals surface area contributed by atoms with E-state index in [1.165, 1.54) is 7.11 Å². The van der Waals surface area contributed by atoms with E-state index in [1.54, 1.807) is 7.11 Å². The molecule has 0 aliphatic rings. The maximum absolute atomic E-state index is 11.7. The van der Waals surface area contributed by atoms with Crippen LogP contribution in [0.25, 0.3) is 0 Å². The average Bonchev–Trinajstić information content (AvgIpc) is 2.39. The summed E-state index contributed by atoms with van der Waals surface area (Å²) in [4.78, 5) is 11.7. The number of hydrogen-bond acceptors (Lipinski definition) is 5. The van der Waals surface area contributed by atoms with Crippen molar-refractivity contribution in [2.75, 3.05) is 65.8 Å². The monoisotopic (exact) mass is 296 g/mol. The van der Waals surface area contributed by atoms with E-state index in [1.807, 2.05) is 0 Å². The van der Waals surface area contributed by atoms with Crippen LogP contribution in [0.1, 0.15) is 13.8 Å². The summed E-state index contributed by atoms with van der Waals surface area (Å²) in [5.74, 6) is -0.275. The molecule has 0 aromatic heterocycles. The van der Waals surface area contributed by atoms with Gasteiger partial charge >= 0.3 is 116 Å². The Kier molecular flexibility index (Phi) is 8.75. The Balaban J connectivity index is 4.48. The van der Waals surface area contributed by atoms with Crippen molar-refractivity contribution in [2.24, 2.45) is 0 Å². The molecular formula is C13H29O5P. The molecule has 0 saturated carbocycles. The summed E-state index contributed by atoms with van der Waals surface area (Å²) in [5, 5.41) is 0. The molecule has 0 radical (unpaired) electrons. The Morgan fingerprint density at radius 2 is 1.63 bits per heavy atom. The minimum atomic E-state index is -2.48. The number of hydrogen-bond donors (Lipinski definition) is 0. The summed E-state index contributed by atoms with van der Waals surface area (Å²) in [6, 6.07) is 0. The first-order chi connectivity index (χ1) is 8.93. The molecule has 0 aromatic carbocycles. The van der Waals surface area contributed by atoms with Crippen LogP contribution in [0.5, 0.6) is 0 Å². The number of carbonyl (C=O) groups excluding carboxylic acids is 1. The second-order valence-corrected chi connectivity index (χ2v) is 11.3. The van der Waals surface area contributed by atoms with Crippen LogP contribution in [0.2, 0.25) is 0 Å². The van der Waals surface area contributed by atoms with Gasteiger partial charge in [0.05, 0.1) is 0 Å². The number of rotatable bonds is 11. The van der Waals surface area contributed by atoms with E-state index in [2.05, 4.69) is 20.5 Å². The molecule has 5 nitrogen and oxygen atoms in total. The van der Waals surface area contributed by atoms with Gasteiger partial charge in [0.2, 0.25) is 0 Å². The van der Waals surface area contributed by atoms with E-state index in [-0.39, 0.29) is 12.6 Å². The van der Waals surface area contributed by atoms with Crippen molar-refractivity contribution in [1.82, 2.24) is 0 Å². The summed E-state index contributed by atoms with van der Waals surface area (Å²) in [6.45, 7) is 5.56. The molecule has 6 heteroatoms. The molecule has 116 valence electrons. The van der Waals surface area contributed by atoms with E-state index in [4.69, 9.17) is 18.7 Å². The fourth-order valence-electron chi connectivity index (χ4n) is 1.74. The summed E-state index contributed by atoms with van der Waals surface area (Å²) in [5.41, 5.74) is 0. The Labute approximate surface area is 116 Å². The third-order valence-electron chi connectivity index (χ3n) is 3.73. The van der Waals surface area contributed by atoms with Crippen molar-refractivity contribution in [1.29, 1.82) is 0 Å². The fraction of sp³-hybridized carbons (Fsp3) is 0.923. The van der Waals surface area contributed by atoms with Gasteiger partial charge in [-0.3, -0.25) is 0 Å². The zero-order valence-electron chi connectivity index (χ0n) is 12.9. The van der Waals surface area contributed by atoms with Gasteiger partial charge in [0.15, 0.2) is 0 Å². The molecule has 0 saturated heterocycles. The van der Waals surface area contributed by atoms with Crippen molar-refractivity contribution < 1.29 is 23.5 Å². The number of carbonyl (C=O) groups is 1. The zero-order valence-corrected chi connectivity index (χ0v) is 13.8. The van der Waals surface area contributed by atoms with Gasteiger partial charge < -0.3 is 0 Å². The summed E-state index contributed by atoms with van der Waals surface area (Å²) < 4.78 is 21.1. The first-order valence-electron chi connectivity index (χ1n) is 6.73. The van der Waals surface area contributed by atoms with Gasteiger partial charge in [-0.2, -0.15) is 0 Å². The molecule has 0 spiro atoms. The Morgan fingerprint density at radius 3 is 2.11 bits per heavy atom. The predicted octanol–water partition coefficient (Wildman–Crippen LogP) is 1.98. The van der Waals surface area contributed by atoms with Gasteiger partial charge in [0.25, 0.3) is 0 Å². The molecule has 0 heterocycles. The van der Waals surface area contributed by atoms with E-state index >= 15 is 0 Å². The van der Waals surface area contributed by atoms with Gasteiger partial charge in [-0.15, -0.1) is 0 Å². The summed E-state index contributed by atoms with van der Waals surface area (Å²) >= 11 is 0. The second-order valence-electron chi connectivity index (χ2n) is 5.05. The first kappa shape index (κ1) is 18.8. The van der Waals surface area contributed by atoms with Gasteiger partial charge in [-0.1, -0.05) is 0 Å². The molecule has 0 aliphatic heterocycles. The quantitative estimate of drug-likeness (QED) is 0.431. The average molecular weight is 296 g/mol. The summed E-state index contributed by atoms with van der Waals surface area (Å²) in [7, 11) is 3.14. The molecule has 0 unspecified atom stereocenters. The SMILES string of the molecule is CCP(C)(CC)(CCOCCOC)OC(=O)COC. The van der Waals surface area contributed by atoms with Crippen LogP contribution < -0.4 is 0 Å². The van der Waals surface area contributed by atoms with E-state index in [0.717, 1.165) is 18.5 Å². The van der Waals surface area contributed by atoms with Crippen LogP contribution >= 0.6 is 6.83 Å². The molecule has 0 atom stereocenters. The van der Waals surface area contributed by atoms with Crippen molar-refractivity contribution in [3.8, 4) is 0 Å². The van der Waals surface area contributed by atoms with Gasteiger partial charge in [0.1, 0.15) is 0 Å². The third kappa shape index (κ3) is 6.66. The zero-order chi connectivity index (χ0) is 14.8. The van der Waals surface area contributed by atoms with Crippen LogP contribution in [-0.4, -0.2) is 71.8 Å². The Morgan fingerprint density at radius 1 is 1.00 bits per heavy atom. The molecule has 0 aromatic rings. The van der Waals surface area contributed by atoms with Gasteiger partial charge in [-0.25, -0.2) is 0 Å². The molecule has 0 bridgehead atoms. The molecule has 0 N–H and O–H groups in total. The van der Waals surface area contributed by atoms with Crippen molar-refractivity contribution in [2.45, 2.75) is 13.8 Å². The molecular weight excluding hydrogens is 267 g/mol. The standard InChI is InChI=1S/C13H29O5P/c1-6-19(5,7-2,18-13(14)12-16-4)11-10-17-9-8-15-3/h6-12H2,1-5H3. The van der Waals surface area contributed by atoms with E-state index in [0.29, 0.717) is 19.8 Å². The fourth-order valence-corrected chi connectivity index (χ4v) is 4.50. The Hall–Kier alpha value is -0.220. The molecule has 0 fully saturated rings. The topological polar surface area (TPSA) is 54.0 Å². The number of ether oxygens (including phenoxy) is 3. The van der Waals surface area contributed by atoms with Gasteiger partial charge in [0, 0.05) is 0 Å². The van der Waals surface area contributed by atoms with Crippen molar-refractivity contribution >= 4 is 12.8 Å². The Bertz CT molecular complexity index is 266. The minimum absolute atomic E-state index is 0.0102. The molecule has 0 rings (SSSR count). The normalized spacial score (nSPS) is 13.8. The van der Waals surface area contributed by atoms with Crippen LogP contribution in [0.15, 0.2) is 0 Å². The van der Waals surface area contributed by atoms with E-state index in [9.17, 15) is 4.79 Å². The number of methoxy groups -OCH3 is 2. The van der Waals surface area contributed by atoms with E-state index < -0.39 is 6.83 Å². The van der Waals surface area contributed by atoms with Crippen LogP contribution in [0, 0.1) is 0 Å². The second kappa shape index (κ2) is 8.85. The third-order valence-corrected chi connectivity index (χ3v) is 9.52. The van der Waals surface area contributed by atoms with Gasteiger partial charge in [-0.05, 0) is 0 Å². The van der Waals surface area contributed by atoms with Crippen molar-refractivity contribution in [3.63, 3.8) is 0 Å². The first-order valence-corrected chi connectivity index (χ1v) is 9.88. The van der Waals surface area contributed by atoms with Crippen LogP contribution in [0.4, 0.5) is 0 Å². The molecule has 0 aliphatic carbocycles. The summed E-state index contributed by atoms with van der Waals surface area (Å²) in [6.07, 6.45) is 2.52. The van der Waals surface area contributed by atoms with Crippen LogP contribution in [0.3, 0.4) is 0 Å². The molecule has 0 amide bonds. The van der Waals surface area contributed by atoms with Crippen LogP contribution in [-0.2, 0) is 23.5 Å². The molecule has 19 heavy (non-hydrogen) atoms. The maximum atomic E-state index is 11.7. The van der Waals surface area contributed by atoms with Crippen molar-refractivity contribution in [3.05, 3.63) is 0 Å².